The predicted octanol–water partition coefficient (Wildman–Crippen LogP) is 6.02. The Morgan fingerprint density at radius 3 is 2.49 bits per heavy atom. The first kappa shape index (κ1) is 31.1. The van der Waals surface area contributed by atoms with Gasteiger partial charge in [0.05, 0.1) is 49.2 Å². The Kier molecular flexibility index (Phi) is 9.07. The topological polar surface area (TPSA) is 125 Å². The fourth-order valence-corrected chi connectivity index (χ4v) is 4.41. The molecule has 4 rings (SSSR count). The number of hydrogen-bond acceptors (Lipinski definition) is 7. The lowest BCUT2D eigenvalue weighted by Gasteiger charge is -2.19. The maximum Gasteiger partial charge on any atom is 0.416 e. The maximum atomic E-state index is 13.8. The normalized spacial score (nSPS) is 11.5. The highest BCUT2D eigenvalue weighted by Gasteiger charge is 2.33. The van der Waals surface area contributed by atoms with Gasteiger partial charge < -0.3 is 19.4 Å². The van der Waals surface area contributed by atoms with Crippen LogP contribution in [0, 0.1) is 12.8 Å². The number of methoxy groups -OCH3 is 2. The number of aryl methyl sites for hydroxylation is 2. The summed E-state index contributed by atoms with van der Waals surface area (Å²) < 4.78 is 54.4. The smallest absolute Gasteiger partial charge is 0.416 e. The van der Waals surface area contributed by atoms with E-state index in [1.807, 2.05) is 20.8 Å². The highest BCUT2D eigenvalue weighted by molar-refractivity contribution is 6.05. The van der Waals surface area contributed by atoms with E-state index in [4.69, 9.17) is 4.74 Å². The number of carbonyl (C=O) groups excluding carboxylic acids is 2. The predicted molar refractivity (Wildman–Crippen MR) is 153 cm³/mol. The standard InChI is InChI=1S/C29H32F3N7O4/c1-16(2)7-9-18-11-20(29(30,31)32)13-21(25(18)42-5)34-26(40)19-10-8-17(3)23(12-19)39-15-22(36-37-39)24-14-33-27(38(24)4)35-28(41)43-6/h8,10-16H,7,9H2,1-6H3,(H,34,40)(H,33,35,41). The number of anilines is 2. The van der Waals surface area contributed by atoms with Crippen molar-refractivity contribution in [1.29, 1.82) is 0 Å². The summed E-state index contributed by atoms with van der Waals surface area (Å²) in [5.41, 5.74) is 1.88. The SMILES string of the molecule is COC(=O)Nc1ncc(-c2cn(-c3cc(C(=O)Nc4cc(C(F)(F)F)cc(CCC(C)C)c4OC)ccc3C)nn2)n1C. The number of imidazole rings is 1. The first-order chi connectivity index (χ1) is 20.3. The fourth-order valence-electron chi connectivity index (χ4n) is 4.41. The van der Waals surface area contributed by atoms with Crippen molar-refractivity contribution in [3.8, 4) is 22.8 Å². The van der Waals surface area contributed by atoms with Gasteiger partial charge in [-0.25, -0.2) is 14.5 Å². The number of alkyl halides is 3. The van der Waals surface area contributed by atoms with Gasteiger partial charge in [0.1, 0.15) is 11.4 Å². The fraction of sp³-hybridized carbons (Fsp3) is 0.345. The number of benzene rings is 2. The van der Waals surface area contributed by atoms with Gasteiger partial charge in [-0.1, -0.05) is 25.1 Å². The van der Waals surface area contributed by atoms with Crippen LogP contribution < -0.4 is 15.4 Å². The van der Waals surface area contributed by atoms with E-state index in [9.17, 15) is 22.8 Å². The second-order valence-corrected chi connectivity index (χ2v) is 10.3. The summed E-state index contributed by atoms with van der Waals surface area (Å²) in [6.07, 6.45) is -1.15. The van der Waals surface area contributed by atoms with Crippen molar-refractivity contribution in [1.82, 2.24) is 24.5 Å². The van der Waals surface area contributed by atoms with Crippen molar-refractivity contribution in [3.63, 3.8) is 0 Å². The van der Waals surface area contributed by atoms with E-state index in [2.05, 4.69) is 30.7 Å². The van der Waals surface area contributed by atoms with Crippen molar-refractivity contribution in [2.24, 2.45) is 13.0 Å². The van der Waals surface area contributed by atoms with E-state index in [0.717, 1.165) is 17.7 Å². The summed E-state index contributed by atoms with van der Waals surface area (Å²) in [5, 5.41) is 13.5. The molecule has 0 saturated heterocycles. The zero-order valence-corrected chi connectivity index (χ0v) is 24.5. The first-order valence-electron chi connectivity index (χ1n) is 13.3. The average Bonchev–Trinajstić information content (AvgIpc) is 3.57. The summed E-state index contributed by atoms with van der Waals surface area (Å²) >= 11 is 0. The molecule has 0 aliphatic carbocycles. The Labute approximate surface area is 246 Å². The van der Waals surface area contributed by atoms with Crippen LogP contribution in [0.2, 0.25) is 0 Å². The number of nitrogens with one attached hydrogen (secondary N) is 2. The van der Waals surface area contributed by atoms with Crippen molar-refractivity contribution in [2.75, 3.05) is 24.9 Å². The highest BCUT2D eigenvalue weighted by atomic mass is 19.4. The molecule has 43 heavy (non-hydrogen) atoms. The van der Waals surface area contributed by atoms with E-state index in [1.54, 1.807) is 36.0 Å². The summed E-state index contributed by atoms with van der Waals surface area (Å²) in [7, 11) is 4.28. The van der Waals surface area contributed by atoms with Gasteiger partial charge in [-0.05, 0) is 61.1 Å². The monoisotopic (exact) mass is 599 g/mol. The minimum Gasteiger partial charge on any atom is -0.494 e. The first-order valence-corrected chi connectivity index (χ1v) is 13.3. The number of amides is 2. The largest absolute Gasteiger partial charge is 0.494 e. The molecule has 228 valence electrons. The molecule has 0 aliphatic rings. The molecule has 0 unspecified atom stereocenters. The molecule has 0 atom stereocenters. The van der Waals surface area contributed by atoms with Gasteiger partial charge in [0.2, 0.25) is 5.95 Å². The quantitative estimate of drug-likeness (QED) is 0.241. The van der Waals surface area contributed by atoms with Crippen molar-refractivity contribution >= 4 is 23.6 Å². The lowest BCUT2D eigenvalue weighted by Crippen LogP contribution is -2.16. The van der Waals surface area contributed by atoms with E-state index >= 15 is 0 Å². The van der Waals surface area contributed by atoms with Gasteiger partial charge in [-0.3, -0.25) is 10.1 Å². The Hall–Kier alpha value is -4.88. The number of aromatic nitrogens is 5. The van der Waals surface area contributed by atoms with Crippen LogP contribution in [0.15, 0.2) is 42.7 Å². The van der Waals surface area contributed by atoms with Crippen molar-refractivity contribution < 1.29 is 32.2 Å². The molecule has 2 amide bonds. The second-order valence-electron chi connectivity index (χ2n) is 10.3. The van der Waals surface area contributed by atoms with E-state index in [-0.39, 0.29) is 28.9 Å². The molecule has 2 heterocycles. The van der Waals surface area contributed by atoms with Crippen LogP contribution in [-0.4, -0.2) is 50.8 Å². The van der Waals surface area contributed by atoms with Gasteiger partial charge in [-0.2, -0.15) is 13.2 Å². The number of ether oxygens (including phenoxy) is 2. The third-order valence-corrected chi connectivity index (χ3v) is 6.80. The Morgan fingerprint density at radius 1 is 1.09 bits per heavy atom. The van der Waals surface area contributed by atoms with Crippen molar-refractivity contribution in [2.45, 2.75) is 39.8 Å². The zero-order valence-electron chi connectivity index (χ0n) is 24.5. The van der Waals surface area contributed by atoms with Crippen LogP contribution in [0.3, 0.4) is 0 Å². The van der Waals surface area contributed by atoms with Crippen LogP contribution in [0.25, 0.3) is 17.1 Å². The Balaban J connectivity index is 1.64. The Morgan fingerprint density at radius 2 is 1.84 bits per heavy atom. The van der Waals surface area contributed by atoms with Crippen LogP contribution in [0.1, 0.15) is 47.3 Å². The maximum absolute atomic E-state index is 13.8. The minimum absolute atomic E-state index is 0.0705. The molecule has 2 N–H and O–H groups in total. The number of rotatable bonds is 9. The third-order valence-electron chi connectivity index (χ3n) is 6.80. The highest BCUT2D eigenvalue weighted by Crippen LogP contribution is 2.39. The van der Waals surface area contributed by atoms with Crippen LogP contribution in [0.5, 0.6) is 5.75 Å². The average molecular weight is 600 g/mol. The molecule has 2 aromatic carbocycles. The minimum atomic E-state index is -4.61. The van der Waals surface area contributed by atoms with Crippen LogP contribution >= 0.6 is 0 Å². The van der Waals surface area contributed by atoms with E-state index in [1.165, 1.54) is 25.1 Å². The van der Waals surface area contributed by atoms with Gasteiger partial charge in [0.25, 0.3) is 5.91 Å². The lowest BCUT2D eigenvalue weighted by atomic mass is 9.98. The molecule has 0 fully saturated rings. The molecule has 0 saturated carbocycles. The molecule has 0 bridgehead atoms. The zero-order chi connectivity index (χ0) is 31.5. The molecule has 14 heteroatoms. The summed E-state index contributed by atoms with van der Waals surface area (Å²) in [4.78, 5) is 29.1. The van der Waals surface area contributed by atoms with E-state index in [0.29, 0.717) is 35.5 Å². The van der Waals surface area contributed by atoms with Crippen molar-refractivity contribution in [3.05, 3.63) is 65.0 Å². The number of hydrogen-bond donors (Lipinski definition) is 2. The summed E-state index contributed by atoms with van der Waals surface area (Å²) in [6, 6.07) is 6.78. The molecule has 0 radical (unpaired) electrons. The third kappa shape index (κ3) is 6.96. The van der Waals surface area contributed by atoms with Gasteiger partial charge >= 0.3 is 12.3 Å². The molecule has 2 aromatic heterocycles. The lowest BCUT2D eigenvalue weighted by molar-refractivity contribution is -0.137. The summed E-state index contributed by atoms with van der Waals surface area (Å²) in [5.74, 6) is 0.0624. The van der Waals surface area contributed by atoms with Gasteiger partial charge in [0.15, 0.2) is 0 Å². The van der Waals surface area contributed by atoms with E-state index < -0.39 is 23.7 Å². The second kappa shape index (κ2) is 12.5. The molecule has 0 aliphatic heterocycles. The molecule has 4 aromatic rings. The Bertz CT molecular complexity index is 1640. The van der Waals surface area contributed by atoms with Gasteiger partial charge in [-0.15, -0.1) is 5.10 Å². The number of halogens is 3. The molecule has 0 spiro atoms. The van der Waals surface area contributed by atoms with Crippen LogP contribution in [-0.2, 0) is 24.4 Å². The van der Waals surface area contributed by atoms with Crippen LogP contribution in [0.4, 0.5) is 29.6 Å². The molecular formula is C29H32F3N7O4. The van der Waals surface area contributed by atoms with Gasteiger partial charge in [0, 0.05) is 12.6 Å². The number of nitrogens with zero attached hydrogens (tertiary/aromatic N) is 5. The number of carbonyl (C=O) groups is 2. The molecular weight excluding hydrogens is 567 g/mol. The summed E-state index contributed by atoms with van der Waals surface area (Å²) in [6.45, 7) is 5.77. The molecule has 11 nitrogen and oxygen atoms in total.